The summed E-state index contributed by atoms with van der Waals surface area (Å²) in [4.78, 5) is 12.4. The minimum absolute atomic E-state index is 0.192. The van der Waals surface area contributed by atoms with E-state index in [1.165, 1.54) is 17.3 Å². The van der Waals surface area contributed by atoms with Crippen molar-refractivity contribution in [1.82, 2.24) is 5.32 Å². The molecule has 2 aromatic rings. The molecule has 1 fully saturated rings. The summed E-state index contributed by atoms with van der Waals surface area (Å²) in [6.45, 7) is 2.46. The average molecular weight is 371 g/mol. The van der Waals surface area contributed by atoms with Crippen LogP contribution in [0.15, 0.2) is 47.4 Å². The standard InChI is InChI=1S/C19H17NO3S2/c1-12-6-8-13(9-7-12)11-23-17-14(4-3-5-15(17)22-2)10-16-18(21)20-19(24)25-16/h3-10H,11H2,1-2H3,(H,20,21,24). The fourth-order valence-corrected chi connectivity index (χ4v) is 3.40. The van der Waals surface area contributed by atoms with Gasteiger partial charge in [0.05, 0.1) is 12.0 Å². The van der Waals surface area contributed by atoms with Crippen molar-refractivity contribution in [1.29, 1.82) is 0 Å². The highest BCUT2D eigenvalue weighted by molar-refractivity contribution is 8.26. The van der Waals surface area contributed by atoms with E-state index >= 15 is 0 Å². The van der Waals surface area contributed by atoms with Gasteiger partial charge in [0.1, 0.15) is 10.9 Å². The van der Waals surface area contributed by atoms with Crippen molar-refractivity contribution < 1.29 is 14.3 Å². The third kappa shape index (κ3) is 4.21. The second-order valence-corrected chi connectivity index (χ2v) is 7.22. The zero-order valence-electron chi connectivity index (χ0n) is 13.9. The van der Waals surface area contributed by atoms with Crippen LogP contribution in [0.25, 0.3) is 6.08 Å². The highest BCUT2D eigenvalue weighted by Crippen LogP contribution is 2.35. The van der Waals surface area contributed by atoms with Gasteiger partial charge in [-0.3, -0.25) is 4.79 Å². The third-order valence-corrected chi connectivity index (χ3v) is 4.82. The van der Waals surface area contributed by atoms with Crippen LogP contribution in [0, 0.1) is 6.92 Å². The molecule has 1 aliphatic rings. The molecule has 6 heteroatoms. The number of hydrogen-bond acceptors (Lipinski definition) is 5. The number of thioether (sulfide) groups is 1. The molecule has 1 N–H and O–H groups in total. The van der Waals surface area contributed by atoms with E-state index in [9.17, 15) is 4.79 Å². The summed E-state index contributed by atoms with van der Waals surface area (Å²) in [5.74, 6) is 1.03. The number of carbonyl (C=O) groups excluding carboxylic acids is 1. The summed E-state index contributed by atoms with van der Waals surface area (Å²) in [5, 5.41) is 2.61. The minimum atomic E-state index is -0.192. The van der Waals surface area contributed by atoms with E-state index in [-0.39, 0.29) is 5.91 Å². The summed E-state index contributed by atoms with van der Waals surface area (Å²) in [7, 11) is 1.59. The van der Waals surface area contributed by atoms with Crippen LogP contribution in [-0.4, -0.2) is 17.3 Å². The molecule has 0 aromatic heterocycles. The lowest BCUT2D eigenvalue weighted by Gasteiger charge is -2.14. The number of para-hydroxylation sites is 1. The SMILES string of the molecule is COc1cccc(C=C2SC(=S)NC2=O)c1OCc1ccc(C)cc1. The molecule has 0 spiro atoms. The number of hydrogen-bond donors (Lipinski definition) is 1. The van der Waals surface area contributed by atoms with Crippen molar-refractivity contribution in [3.8, 4) is 11.5 Å². The van der Waals surface area contributed by atoms with Crippen molar-refractivity contribution in [2.45, 2.75) is 13.5 Å². The Kier molecular flexibility index (Phi) is 5.40. The summed E-state index contributed by atoms with van der Waals surface area (Å²) in [6.07, 6.45) is 1.77. The molecule has 0 aliphatic carbocycles. The van der Waals surface area contributed by atoms with Crippen molar-refractivity contribution in [3.05, 3.63) is 64.1 Å². The van der Waals surface area contributed by atoms with E-state index in [0.29, 0.717) is 27.3 Å². The fourth-order valence-electron chi connectivity index (χ4n) is 2.36. The summed E-state index contributed by atoms with van der Waals surface area (Å²) < 4.78 is 11.9. The van der Waals surface area contributed by atoms with Crippen molar-refractivity contribution in [2.75, 3.05) is 7.11 Å². The molecule has 3 rings (SSSR count). The van der Waals surface area contributed by atoms with E-state index in [1.54, 1.807) is 13.2 Å². The Balaban J connectivity index is 1.89. The first-order valence-corrected chi connectivity index (χ1v) is 8.89. The van der Waals surface area contributed by atoms with Crippen LogP contribution in [0.3, 0.4) is 0 Å². The molecule has 128 valence electrons. The maximum absolute atomic E-state index is 11.9. The zero-order valence-corrected chi connectivity index (χ0v) is 15.5. The monoisotopic (exact) mass is 371 g/mol. The maximum atomic E-state index is 11.9. The third-order valence-electron chi connectivity index (χ3n) is 3.66. The number of nitrogens with one attached hydrogen (secondary N) is 1. The fraction of sp³-hybridized carbons (Fsp3) is 0.158. The number of amides is 1. The number of rotatable bonds is 5. The topological polar surface area (TPSA) is 47.6 Å². The highest BCUT2D eigenvalue weighted by atomic mass is 32.2. The van der Waals surface area contributed by atoms with E-state index in [0.717, 1.165) is 11.1 Å². The van der Waals surface area contributed by atoms with Crippen LogP contribution in [-0.2, 0) is 11.4 Å². The lowest BCUT2D eigenvalue weighted by atomic mass is 10.1. The van der Waals surface area contributed by atoms with Gasteiger partial charge in [-0.2, -0.15) is 0 Å². The van der Waals surface area contributed by atoms with Crippen molar-refractivity contribution in [3.63, 3.8) is 0 Å². The Labute approximate surface area is 156 Å². The minimum Gasteiger partial charge on any atom is -0.493 e. The first kappa shape index (κ1) is 17.5. The van der Waals surface area contributed by atoms with Gasteiger partial charge in [0.2, 0.25) is 0 Å². The quantitative estimate of drug-likeness (QED) is 0.634. The molecule has 1 aliphatic heterocycles. The van der Waals surface area contributed by atoms with Gasteiger partial charge in [0.15, 0.2) is 11.5 Å². The lowest BCUT2D eigenvalue weighted by Crippen LogP contribution is -2.17. The van der Waals surface area contributed by atoms with Gasteiger partial charge < -0.3 is 14.8 Å². The molecule has 4 nitrogen and oxygen atoms in total. The van der Waals surface area contributed by atoms with Gasteiger partial charge in [0.25, 0.3) is 5.91 Å². The smallest absolute Gasteiger partial charge is 0.263 e. The average Bonchev–Trinajstić information content (AvgIpc) is 2.92. The highest BCUT2D eigenvalue weighted by Gasteiger charge is 2.23. The molecule has 0 radical (unpaired) electrons. The summed E-state index contributed by atoms with van der Waals surface area (Å²) >= 11 is 6.27. The van der Waals surface area contributed by atoms with Gasteiger partial charge in [-0.05, 0) is 24.6 Å². The maximum Gasteiger partial charge on any atom is 0.263 e. The van der Waals surface area contributed by atoms with Crippen molar-refractivity contribution >= 4 is 40.3 Å². The number of aryl methyl sites for hydroxylation is 1. The molecule has 1 heterocycles. The predicted octanol–water partition coefficient (Wildman–Crippen LogP) is 4.07. The normalized spacial score (nSPS) is 15.4. The molecule has 0 bridgehead atoms. The van der Waals surface area contributed by atoms with Gasteiger partial charge in [-0.1, -0.05) is 65.9 Å². The molecule has 0 unspecified atom stereocenters. The Hall–Kier alpha value is -2.31. The first-order valence-electron chi connectivity index (χ1n) is 7.67. The molecule has 1 amide bonds. The molecule has 2 aromatic carbocycles. The number of thiocarbonyl (C=S) groups is 1. The Morgan fingerprint density at radius 2 is 1.96 bits per heavy atom. The molecule has 0 saturated carbocycles. The van der Waals surface area contributed by atoms with E-state index in [2.05, 4.69) is 5.32 Å². The van der Waals surface area contributed by atoms with Gasteiger partial charge in [0, 0.05) is 5.56 Å². The Morgan fingerprint density at radius 3 is 2.60 bits per heavy atom. The Bertz CT molecular complexity index is 844. The Morgan fingerprint density at radius 1 is 1.20 bits per heavy atom. The van der Waals surface area contributed by atoms with Crippen LogP contribution in [0.4, 0.5) is 0 Å². The molecule has 0 atom stereocenters. The first-order chi connectivity index (χ1) is 12.1. The van der Waals surface area contributed by atoms with E-state index in [1.807, 2.05) is 49.4 Å². The summed E-state index contributed by atoms with van der Waals surface area (Å²) in [5.41, 5.74) is 3.03. The molecular weight excluding hydrogens is 354 g/mol. The second kappa shape index (κ2) is 7.72. The van der Waals surface area contributed by atoms with Crippen LogP contribution < -0.4 is 14.8 Å². The van der Waals surface area contributed by atoms with Crippen LogP contribution in [0.5, 0.6) is 11.5 Å². The zero-order chi connectivity index (χ0) is 17.8. The van der Waals surface area contributed by atoms with Crippen LogP contribution in [0.2, 0.25) is 0 Å². The van der Waals surface area contributed by atoms with Gasteiger partial charge in [-0.15, -0.1) is 0 Å². The van der Waals surface area contributed by atoms with E-state index in [4.69, 9.17) is 21.7 Å². The number of carbonyl (C=O) groups is 1. The largest absolute Gasteiger partial charge is 0.493 e. The number of benzene rings is 2. The van der Waals surface area contributed by atoms with Gasteiger partial charge >= 0.3 is 0 Å². The number of ether oxygens (including phenoxy) is 2. The predicted molar refractivity (Wildman–Crippen MR) is 105 cm³/mol. The number of methoxy groups -OCH3 is 1. The molecular formula is C19H17NO3S2. The van der Waals surface area contributed by atoms with Gasteiger partial charge in [-0.25, -0.2) is 0 Å². The van der Waals surface area contributed by atoms with Crippen LogP contribution in [0.1, 0.15) is 16.7 Å². The van der Waals surface area contributed by atoms with Crippen molar-refractivity contribution in [2.24, 2.45) is 0 Å². The van der Waals surface area contributed by atoms with Crippen LogP contribution >= 0.6 is 24.0 Å². The second-order valence-electron chi connectivity index (χ2n) is 5.51. The van der Waals surface area contributed by atoms with E-state index < -0.39 is 0 Å². The lowest BCUT2D eigenvalue weighted by molar-refractivity contribution is -0.115. The summed E-state index contributed by atoms with van der Waals surface area (Å²) in [6, 6.07) is 13.7. The molecule has 25 heavy (non-hydrogen) atoms. The molecule has 1 saturated heterocycles.